The van der Waals surface area contributed by atoms with Crippen LogP contribution in [0, 0.1) is 29.1 Å². The lowest BCUT2D eigenvalue weighted by molar-refractivity contribution is -0.162. The Labute approximate surface area is 170 Å². The van der Waals surface area contributed by atoms with Crippen LogP contribution in [0.4, 0.5) is 0 Å². The van der Waals surface area contributed by atoms with Crippen LogP contribution in [0.25, 0.3) is 0 Å². The Morgan fingerprint density at radius 3 is 2.46 bits per heavy atom. The topological polar surface area (TPSA) is 70.4 Å². The van der Waals surface area contributed by atoms with E-state index >= 15 is 0 Å². The van der Waals surface area contributed by atoms with Crippen molar-refractivity contribution in [1.29, 1.82) is 5.26 Å². The fourth-order valence-corrected chi connectivity index (χ4v) is 6.87. The van der Waals surface area contributed by atoms with Crippen LogP contribution in [0.2, 0.25) is 0 Å². The highest BCUT2D eigenvalue weighted by atomic mass is 32.1. The van der Waals surface area contributed by atoms with Gasteiger partial charge in [0.25, 0.3) is 5.91 Å². The van der Waals surface area contributed by atoms with Gasteiger partial charge in [-0.1, -0.05) is 6.07 Å². The molecule has 0 atom stereocenters. The van der Waals surface area contributed by atoms with E-state index in [1.165, 1.54) is 19.3 Å². The van der Waals surface area contributed by atoms with Crippen LogP contribution in [-0.4, -0.2) is 35.5 Å². The minimum absolute atomic E-state index is 0.105. The molecule has 28 heavy (non-hydrogen) atoms. The first-order valence-corrected chi connectivity index (χ1v) is 11.3. The number of rotatable bonds is 8. The van der Waals surface area contributed by atoms with E-state index in [1.54, 1.807) is 11.3 Å². The van der Waals surface area contributed by atoms with Crippen LogP contribution < -0.4 is 0 Å². The van der Waals surface area contributed by atoms with Gasteiger partial charge in [-0.15, -0.1) is 11.3 Å². The zero-order valence-electron chi connectivity index (χ0n) is 16.3. The van der Waals surface area contributed by atoms with E-state index in [-0.39, 0.29) is 24.0 Å². The van der Waals surface area contributed by atoms with Gasteiger partial charge >= 0.3 is 5.97 Å². The SMILES string of the molecule is N#CCCN(C(=O)COC(=O)CCc1cccs1)C12CC3CC(CC(C3)C1)C2. The normalized spacial score (nSPS) is 30.0. The monoisotopic (exact) mass is 400 g/mol. The summed E-state index contributed by atoms with van der Waals surface area (Å²) in [6.45, 7) is 0.255. The summed E-state index contributed by atoms with van der Waals surface area (Å²) in [6, 6.07) is 6.15. The third-order valence-electron chi connectivity index (χ3n) is 6.84. The molecule has 4 aliphatic carbocycles. The van der Waals surface area contributed by atoms with Crippen LogP contribution in [0.15, 0.2) is 17.5 Å². The Hall–Kier alpha value is -1.87. The van der Waals surface area contributed by atoms with E-state index < -0.39 is 0 Å². The maximum Gasteiger partial charge on any atom is 0.306 e. The standard InChI is InChI=1S/C22H28N2O3S/c23-6-2-7-24(22-12-16-9-17(13-22)11-18(10-16)14-22)20(25)15-27-21(26)5-4-19-3-1-8-28-19/h1,3,8,16-18H,2,4-5,7,9-15H2. The quantitative estimate of drug-likeness (QED) is 0.620. The van der Waals surface area contributed by atoms with Gasteiger partial charge in [0, 0.05) is 17.0 Å². The van der Waals surface area contributed by atoms with Crippen molar-refractivity contribution in [3.8, 4) is 6.07 Å². The molecule has 4 saturated carbocycles. The number of amides is 1. The molecule has 5 rings (SSSR count). The number of aryl methyl sites for hydroxylation is 1. The Balaban J connectivity index is 1.36. The van der Waals surface area contributed by atoms with Gasteiger partial charge in [0.1, 0.15) is 0 Å². The second-order valence-electron chi connectivity index (χ2n) is 8.84. The van der Waals surface area contributed by atoms with Crippen molar-refractivity contribution >= 4 is 23.2 Å². The Morgan fingerprint density at radius 2 is 1.89 bits per heavy atom. The lowest BCUT2D eigenvalue weighted by Gasteiger charge is -2.60. The molecule has 0 aliphatic heterocycles. The van der Waals surface area contributed by atoms with Crippen molar-refractivity contribution < 1.29 is 14.3 Å². The summed E-state index contributed by atoms with van der Waals surface area (Å²) in [5.41, 5.74) is -0.105. The van der Waals surface area contributed by atoms with E-state index in [9.17, 15) is 9.59 Å². The van der Waals surface area contributed by atoms with Crippen LogP contribution in [0.3, 0.4) is 0 Å². The molecule has 6 heteroatoms. The maximum atomic E-state index is 13.0. The number of hydrogen-bond acceptors (Lipinski definition) is 5. The highest BCUT2D eigenvalue weighted by Gasteiger charge is 2.54. The summed E-state index contributed by atoms with van der Waals surface area (Å²) < 4.78 is 5.32. The summed E-state index contributed by atoms with van der Waals surface area (Å²) in [7, 11) is 0. The number of thiophene rings is 1. The molecule has 0 unspecified atom stereocenters. The molecule has 4 aliphatic rings. The number of esters is 1. The highest BCUT2D eigenvalue weighted by Crippen LogP contribution is 2.57. The van der Waals surface area contributed by atoms with Gasteiger partial charge in [0.2, 0.25) is 0 Å². The largest absolute Gasteiger partial charge is 0.456 e. The predicted octanol–water partition coefficient (Wildman–Crippen LogP) is 3.93. The third-order valence-corrected chi connectivity index (χ3v) is 7.78. The van der Waals surface area contributed by atoms with Crippen LogP contribution in [0.1, 0.15) is 56.2 Å². The molecule has 0 spiro atoms. The van der Waals surface area contributed by atoms with Gasteiger partial charge in [-0.05, 0) is 74.1 Å². The molecule has 5 nitrogen and oxygen atoms in total. The lowest BCUT2D eigenvalue weighted by atomic mass is 9.52. The molecule has 0 saturated heterocycles. The zero-order chi connectivity index (χ0) is 19.6. The van der Waals surface area contributed by atoms with Gasteiger partial charge in [0.05, 0.1) is 18.9 Å². The van der Waals surface area contributed by atoms with Gasteiger partial charge in [0.15, 0.2) is 6.61 Å². The summed E-state index contributed by atoms with van der Waals surface area (Å²) in [6.07, 6.45) is 8.36. The molecule has 4 bridgehead atoms. The zero-order valence-corrected chi connectivity index (χ0v) is 17.1. The second kappa shape index (κ2) is 8.24. The summed E-state index contributed by atoms with van der Waals surface area (Å²) in [5, 5.41) is 11.1. The minimum Gasteiger partial charge on any atom is -0.456 e. The average Bonchev–Trinajstić information content (AvgIpc) is 3.17. The maximum absolute atomic E-state index is 13.0. The number of nitrogens with zero attached hydrogens (tertiary/aromatic N) is 2. The van der Waals surface area contributed by atoms with Crippen LogP contribution >= 0.6 is 11.3 Å². The number of nitriles is 1. The number of carbonyl (C=O) groups excluding carboxylic acids is 2. The summed E-state index contributed by atoms with van der Waals surface area (Å²) in [5.74, 6) is 1.71. The van der Waals surface area contributed by atoms with Gasteiger partial charge in [-0.25, -0.2) is 0 Å². The van der Waals surface area contributed by atoms with Crippen LogP contribution in [-0.2, 0) is 20.7 Å². The first kappa shape index (κ1) is 19.4. The van der Waals surface area contributed by atoms with E-state index in [2.05, 4.69) is 6.07 Å². The van der Waals surface area contributed by atoms with Crippen molar-refractivity contribution in [2.75, 3.05) is 13.2 Å². The molecule has 0 N–H and O–H groups in total. The highest BCUT2D eigenvalue weighted by molar-refractivity contribution is 7.09. The lowest BCUT2D eigenvalue weighted by Crippen LogP contribution is -2.62. The fourth-order valence-electron chi connectivity index (χ4n) is 6.16. The molecular weight excluding hydrogens is 372 g/mol. The van der Waals surface area contributed by atoms with Crippen molar-refractivity contribution in [3.63, 3.8) is 0 Å². The van der Waals surface area contributed by atoms with Crippen molar-refractivity contribution in [2.45, 2.75) is 63.3 Å². The smallest absolute Gasteiger partial charge is 0.306 e. The number of ether oxygens (including phenoxy) is 1. The second-order valence-corrected chi connectivity index (χ2v) is 9.87. The molecule has 150 valence electrons. The first-order chi connectivity index (χ1) is 13.6. The molecule has 1 aromatic rings. The van der Waals surface area contributed by atoms with E-state index in [4.69, 9.17) is 10.00 Å². The van der Waals surface area contributed by atoms with Gasteiger partial charge < -0.3 is 9.64 Å². The summed E-state index contributed by atoms with van der Waals surface area (Å²) in [4.78, 5) is 28.2. The van der Waals surface area contributed by atoms with Crippen molar-refractivity contribution in [2.24, 2.45) is 17.8 Å². The van der Waals surface area contributed by atoms with E-state index in [0.717, 1.165) is 41.9 Å². The number of hydrogen-bond donors (Lipinski definition) is 0. The first-order valence-electron chi connectivity index (χ1n) is 10.4. The number of carbonyl (C=O) groups is 2. The fraction of sp³-hybridized carbons (Fsp3) is 0.682. The van der Waals surface area contributed by atoms with E-state index in [0.29, 0.717) is 25.8 Å². The predicted molar refractivity (Wildman–Crippen MR) is 106 cm³/mol. The Morgan fingerprint density at radius 1 is 1.21 bits per heavy atom. The van der Waals surface area contributed by atoms with Crippen molar-refractivity contribution in [3.05, 3.63) is 22.4 Å². The Kier molecular flexibility index (Phi) is 5.73. The van der Waals surface area contributed by atoms with Gasteiger partial charge in [-0.2, -0.15) is 5.26 Å². The molecule has 1 aromatic heterocycles. The summed E-state index contributed by atoms with van der Waals surface area (Å²) >= 11 is 1.62. The molecule has 4 fully saturated rings. The molecule has 0 aromatic carbocycles. The van der Waals surface area contributed by atoms with Crippen LogP contribution in [0.5, 0.6) is 0 Å². The average molecular weight is 401 g/mol. The Bertz CT molecular complexity index is 717. The third kappa shape index (κ3) is 4.10. The minimum atomic E-state index is -0.326. The molecule has 0 radical (unpaired) electrons. The molecule has 1 amide bonds. The molecule has 1 heterocycles. The van der Waals surface area contributed by atoms with Gasteiger partial charge in [-0.3, -0.25) is 9.59 Å². The van der Waals surface area contributed by atoms with E-state index in [1.807, 2.05) is 22.4 Å². The van der Waals surface area contributed by atoms with Crippen molar-refractivity contribution in [1.82, 2.24) is 4.90 Å². The molecular formula is C22H28N2O3S.